The SMILES string of the molecule is CC(C)C1(C(=O)Nc2cnn(CC(N)=O)c2)CCNC1. The van der Waals surface area contributed by atoms with Crippen LogP contribution in [0.5, 0.6) is 0 Å². The molecule has 7 nitrogen and oxygen atoms in total. The number of nitrogens with one attached hydrogen (secondary N) is 2. The molecule has 0 spiro atoms. The molecule has 1 fully saturated rings. The number of carbonyl (C=O) groups is 2. The molecule has 2 heterocycles. The van der Waals surface area contributed by atoms with Crippen LogP contribution in [-0.2, 0) is 16.1 Å². The molecule has 0 bridgehead atoms. The zero-order valence-corrected chi connectivity index (χ0v) is 11.8. The van der Waals surface area contributed by atoms with Gasteiger partial charge in [0, 0.05) is 12.7 Å². The first-order valence-electron chi connectivity index (χ1n) is 6.77. The zero-order chi connectivity index (χ0) is 14.8. The van der Waals surface area contributed by atoms with Gasteiger partial charge in [-0.1, -0.05) is 13.8 Å². The van der Waals surface area contributed by atoms with Crippen LogP contribution in [0.15, 0.2) is 12.4 Å². The molecule has 1 aliphatic heterocycles. The molecule has 2 amide bonds. The summed E-state index contributed by atoms with van der Waals surface area (Å²) in [6, 6.07) is 0. The van der Waals surface area contributed by atoms with Crippen LogP contribution in [0.25, 0.3) is 0 Å². The van der Waals surface area contributed by atoms with Crippen LogP contribution in [-0.4, -0.2) is 34.7 Å². The van der Waals surface area contributed by atoms with E-state index in [1.54, 1.807) is 6.20 Å². The minimum absolute atomic E-state index is 0.00359. The molecule has 4 N–H and O–H groups in total. The predicted octanol–water partition coefficient (Wildman–Crippen LogP) is -0.0574. The summed E-state index contributed by atoms with van der Waals surface area (Å²) < 4.78 is 1.41. The number of anilines is 1. The number of primary amides is 1. The van der Waals surface area contributed by atoms with E-state index in [0.717, 1.165) is 13.0 Å². The van der Waals surface area contributed by atoms with Crippen molar-refractivity contribution in [2.24, 2.45) is 17.1 Å². The predicted molar refractivity (Wildman–Crippen MR) is 74.8 cm³/mol. The summed E-state index contributed by atoms with van der Waals surface area (Å²) in [4.78, 5) is 23.3. The third kappa shape index (κ3) is 2.82. The molecule has 0 aliphatic carbocycles. The second-order valence-corrected chi connectivity index (χ2v) is 5.58. The highest BCUT2D eigenvalue weighted by atomic mass is 16.2. The van der Waals surface area contributed by atoms with Gasteiger partial charge in [-0.05, 0) is 18.9 Å². The van der Waals surface area contributed by atoms with Crippen LogP contribution in [0.4, 0.5) is 5.69 Å². The van der Waals surface area contributed by atoms with Crippen LogP contribution in [0.3, 0.4) is 0 Å². The molecule has 1 atom stereocenters. The number of amides is 2. The molecule has 0 saturated carbocycles. The average molecular weight is 279 g/mol. The Morgan fingerprint density at radius 3 is 2.90 bits per heavy atom. The first-order chi connectivity index (χ1) is 9.44. The first-order valence-corrected chi connectivity index (χ1v) is 6.77. The van der Waals surface area contributed by atoms with Gasteiger partial charge in [-0.25, -0.2) is 0 Å². The van der Waals surface area contributed by atoms with Crippen molar-refractivity contribution >= 4 is 17.5 Å². The van der Waals surface area contributed by atoms with Crippen molar-refractivity contribution in [1.82, 2.24) is 15.1 Å². The topological polar surface area (TPSA) is 102 Å². The van der Waals surface area contributed by atoms with E-state index in [2.05, 4.69) is 29.6 Å². The monoisotopic (exact) mass is 279 g/mol. The maximum atomic E-state index is 12.5. The Morgan fingerprint density at radius 2 is 2.35 bits per heavy atom. The molecule has 1 aromatic heterocycles. The Hall–Kier alpha value is -1.89. The van der Waals surface area contributed by atoms with Crippen molar-refractivity contribution in [3.8, 4) is 0 Å². The maximum Gasteiger partial charge on any atom is 0.239 e. The summed E-state index contributed by atoms with van der Waals surface area (Å²) in [5, 5.41) is 10.1. The van der Waals surface area contributed by atoms with Crippen LogP contribution in [0, 0.1) is 11.3 Å². The summed E-state index contributed by atoms with van der Waals surface area (Å²) in [6.45, 7) is 5.66. The van der Waals surface area contributed by atoms with Crippen LogP contribution < -0.4 is 16.4 Å². The Kier molecular flexibility index (Phi) is 4.08. The number of hydrogen-bond acceptors (Lipinski definition) is 4. The fourth-order valence-electron chi connectivity index (χ4n) is 2.59. The van der Waals surface area contributed by atoms with E-state index in [9.17, 15) is 9.59 Å². The van der Waals surface area contributed by atoms with Gasteiger partial charge in [0.15, 0.2) is 0 Å². The number of aromatic nitrogens is 2. The van der Waals surface area contributed by atoms with Crippen LogP contribution in [0.1, 0.15) is 20.3 Å². The van der Waals surface area contributed by atoms with Crippen molar-refractivity contribution in [2.45, 2.75) is 26.8 Å². The van der Waals surface area contributed by atoms with Gasteiger partial charge in [-0.2, -0.15) is 5.10 Å². The molecular weight excluding hydrogens is 258 g/mol. The second kappa shape index (κ2) is 5.62. The standard InChI is InChI=1S/C13H21N5O2/c1-9(2)13(3-4-15-8-13)12(20)17-10-5-16-18(6-10)7-11(14)19/h5-6,9,15H,3-4,7-8H2,1-2H3,(H2,14,19)(H,17,20). The van der Waals surface area contributed by atoms with Crippen LogP contribution in [0.2, 0.25) is 0 Å². The summed E-state index contributed by atoms with van der Waals surface area (Å²) in [6.07, 6.45) is 3.96. The number of carbonyl (C=O) groups excluding carboxylic acids is 2. The van der Waals surface area contributed by atoms with E-state index in [-0.39, 0.29) is 23.8 Å². The van der Waals surface area contributed by atoms with Gasteiger partial charge >= 0.3 is 0 Å². The summed E-state index contributed by atoms with van der Waals surface area (Å²) >= 11 is 0. The quantitative estimate of drug-likeness (QED) is 0.702. The van der Waals surface area contributed by atoms with Crippen molar-refractivity contribution < 1.29 is 9.59 Å². The first kappa shape index (κ1) is 14.5. The van der Waals surface area contributed by atoms with Gasteiger partial charge < -0.3 is 16.4 Å². The van der Waals surface area contributed by atoms with Gasteiger partial charge in [-0.3, -0.25) is 14.3 Å². The lowest BCUT2D eigenvalue weighted by Crippen LogP contribution is -2.42. The fraction of sp³-hybridized carbons (Fsp3) is 0.615. The van der Waals surface area contributed by atoms with Gasteiger partial charge in [0.2, 0.25) is 11.8 Å². The fourth-order valence-corrected chi connectivity index (χ4v) is 2.59. The van der Waals surface area contributed by atoms with Gasteiger partial charge in [0.05, 0.1) is 17.3 Å². The Bertz CT molecular complexity index is 503. The van der Waals surface area contributed by atoms with Gasteiger partial charge in [0.1, 0.15) is 6.54 Å². The molecule has 20 heavy (non-hydrogen) atoms. The Morgan fingerprint density at radius 1 is 1.60 bits per heavy atom. The molecule has 1 aromatic rings. The molecule has 7 heteroatoms. The van der Waals surface area contributed by atoms with E-state index in [1.165, 1.54) is 10.9 Å². The number of rotatable bonds is 5. The molecule has 1 saturated heterocycles. The third-order valence-electron chi connectivity index (χ3n) is 3.95. The van der Waals surface area contributed by atoms with E-state index in [1.807, 2.05) is 0 Å². The molecule has 0 aromatic carbocycles. The van der Waals surface area contributed by atoms with E-state index in [0.29, 0.717) is 12.2 Å². The third-order valence-corrected chi connectivity index (χ3v) is 3.95. The lowest BCUT2D eigenvalue weighted by Gasteiger charge is -2.30. The highest BCUT2D eigenvalue weighted by Crippen LogP contribution is 2.35. The number of nitrogens with two attached hydrogens (primary N) is 1. The van der Waals surface area contributed by atoms with Crippen molar-refractivity contribution in [1.29, 1.82) is 0 Å². The summed E-state index contributed by atoms with van der Waals surface area (Å²) in [5.74, 6) is -0.223. The molecule has 110 valence electrons. The van der Waals surface area contributed by atoms with E-state index < -0.39 is 5.91 Å². The molecular formula is C13H21N5O2. The summed E-state index contributed by atoms with van der Waals surface area (Å²) in [5.41, 5.74) is 5.30. The smallest absolute Gasteiger partial charge is 0.239 e. The average Bonchev–Trinajstić information content (AvgIpc) is 2.97. The largest absolute Gasteiger partial charge is 0.368 e. The van der Waals surface area contributed by atoms with Crippen molar-refractivity contribution in [3.05, 3.63) is 12.4 Å². The Balaban J connectivity index is 2.07. The molecule has 1 unspecified atom stereocenters. The lowest BCUT2D eigenvalue weighted by atomic mass is 9.75. The maximum absolute atomic E-state index is 12.5. The highest BCUT2D eigenvalue weighted by Gasteiger charge is 2.43. The molecule has 0 radical (unpaired) electrons. The zero-order valence-electron chi connectivity index (χ0n) is 11.8. The number of nitrogens with zero attached hydrogens (tertiary/aromatic N) is 2. The molecule has 1 aliphatic rings. The van der Waals surface area contributed by atoms with Crippen molar-refractivity contribution in [2.75, 3.05) is 18.4 Å². The highest BCUT2D eigenvalue weighted by molar-refractivity contribution is 5.95. The number of hydrogen-bond donors (Lipinski definition) is 3. The van der Waals surface area contributed by atoms with Crippen molar-refractivity contribution in [3.63, 3.8) is 0 Å². The van der Waals surface area contributed by atoms with E-state index in [4.69, 9.17) is 5.73 Å². The lowest BCUT2D eigenvalue weighted by molar-refractivity contribution is -0.127. The van der Waals surface area contributed by atoms with Crippen LogP contribution >= 0.6 is 0 Å². The Labute approximate surface area is 117 Å². The minimum Gasteiger partial charge on any atom is -0.368 e. The van der Waals surface area contributed by atoms with E-state index >= 15 is 0 Å². The summed E-state index contributed by atoms with van der Waals surface area (Å²) in [7, 11) is 0. The normalized spacial score (nSPS) is 22.1. The van der Waals surface area contributed by atoms with Gasteiger partial charge in [-0.15, -0.1) is 0 Å². The molecule has 2 rings (SSSR count). The van der Waals surface area contributed by atoms with Gasteiger partial charge in [0.25, 0.3) is 0 Å². The minimum atomic E-state index is -0.468. The second-order valence-electron chi connectivity index (χ2n) is 5.58.